The third-order valence-corrected chi connectivity index (χ3v) is 4.09. The lowest BCUT2D eigenvalue weighted by atomic mass is 9.95. The highest BCUT2D eigenvalue weighted by atomic mass is 16.5. The maximum absolute atomic E-state index is 12.0. The van der Waals surface area contributed by atoms with Gasteiger partial charge in [-0.15, -0.1) is 0 Å². The van der Waals surface area contributed by atoms with Crippen LogP contribution < -0.4 is 11.1 Å². The number of ether oxygens (including phenoxy) is 1. The van der Waals surface area contributed by atoms with E-state index < -0.39 is 0 Å². The average molecular weight is 260 g/mol. The summed E-state index contributed by atoms with van der Waals surface area (Å²) in [4.78, 5) is 12.0. The van der Waals surface area contributed by atoms with Gasteiger partial charge in [0.15, 0.2) is 0 Å². The van der Waals surface area contributed by atoms with Crippen molar-refractivity contribution < 1.29 is 9.53 Å². The van der Waals surface area contributed by atoms with Gasteiger partial charge in [-0.25, -0.2) is 0 Å². The van der Waals surface area contributed by atoms with Gasteiger partial charge in [0.2, 0.25) is 5.91 Å². The average Bonchev–Trinajstić information content (AvgIpc) is 3.02. The number of nitrogens with one attached hydrogen (secondary N) is 1. The lowest BCUT2D eigenvalue weighted by Crippen LogP contribution is -2.42. The first kappa shape index (κ1) is 12.6. The molecule has 3 N–H and O–H groups in total. The molecule has 1 aromatic carbocycles. The van der Waals surface area contributed by atoms with E-state index in [2.05, 4.69) is 5.32 Å². The van der Waals surface area contributed by atoms with E-state index in [-0.39, 0.29) is 24.1 Å². The van der Waals surface area contributed by atoms with Crippen LogP contribution in [0.2, 0.25) is 0 Å². The molecule has 0 spiro atoms. The van der Waals surface area contributed by atoms with Gasteiger partial charge in [-0.2, -0.15) is 0 Å². The zero-order chi connectivity index (χ0) is 13.2. The van der Waals surface area contributed by atoms with Gasteiger partial charge >= 0.3 is 0 Å². The number of carbonyl (C=O) groups is 1. The zero-order valence-corrected chi connectivity index (χ0v) is 10.9. The number of fused-ring (bicyclic) bond motifs is 2. The van der Waals surface area contributed by atoms with Crippen molar-refractivity contribution in [1.82, 2.24) is 5.32 Å². The van der Waals surface area contributed by atoms with Gasteiger partial charge in [-0.1, -0.05) is 30.3 Å². The summed E-state index contributed by atoms with van der Waals surface area (Å²) in [6, 6.07) is 9.70. The van der Waals surface area contributed by atoms with E-state index in [4.69, 9.17) is 10.5 Å². The van der Waals surface area contributed by atoms with Crippen molar-refractivity contribution in [2.24, 2.45) is 5.73 Å². The number of hydrogen-bond donors (Lipinski definition) is 2. The van der Waals surface area contributed by atoms with Crippen molar-refractivity contribution in [2.45, 2.75) is 50.0 Å². The summed E-state index contributed by atoms with van der Waals surface area (Å²) in [5.74, 6) is 0.0255. The van der Waals surface area contributed by atoms with Gasteiger partial charge < -0.3 is 15.8 Å². The number of carbonyl (C=O) groups excluding carboxylic acids is 1. The van der Waals surface area contributed by atoms with Crippen LogP contribution in [-0.4, -0.2) is 24.2 Å². The molecule has 0 aliphatic carbocycles. The number of amides is 1. The zero-order valence-electron chi connectivity index (χ0n) is 10.9. The van der Waals surface area contributed by atoms with Crippen molar-refractivity contribution in [3.63, 3.8) is 0 Å². The van der Waals surface area contributed by atoms with E-state index in [1.807, 2.05) is 30.3 Å². The summed E-state index contributed by atoms with van der Waals surface area (Å²) in [6.07, 6.45) is 4.08. The Labute approximate surface area is 113 Å². The molecular weight excluding hydrogens is 240 g/mol. The maximum atomic E-state index is 12.0. The Morgan fingerprint density at radius 1 is 1.37 bits per heavy atom. The molecule has 4 heteroatoms. The molecule has 1 aromatic rings. The Morgan fingerprint density at radius 3 is 2.79 bits per heavy atom. The Morgan fingerprint density at radius 2 is 2.16 bits per heavy atom. The first-order valence-corrected chi connectivity index (χ1v) is 6.98. The fourth-order valence-electron chi connectivity index (χ4n) is 3.07. The molecule has 102 valence electrons. The van der Waals surface area contributed by atoms with Crippen molar-refractivity contribution in [3.05, 3.63) is 35.9 Å². The van der Waals surface area contributed by atoms with Crippen LogP contribution >= 0.6 is 0 Å². The van der Waals surface area contributed by atoms with E-state index in [9.17, 15) is 4.79 Å². The van der Waals surface area contributed by atoms with Crippen molar-refractivity contribution in [3.8, 4) is 0 Å². The Balaban J connectivity index is 1.51. The molecule has 4 atom stereocenters. The summed E-state index contributed by atoms with van der Waals surface area (Å²) >= 11 is 0. The minimum Gasteiger partial charge on any atom is -0.373 e. The first-order chi connectivity index (χ1) is 9.22. The van der Waals surface area contributed by atoms with Gasteiger partial charge in [-0.3, -0.25) is 4.79 Å². The Hall–Kier alpha value is -1.39. The highest BCUT2D eigenvalue weighted by Crippen LogP contribution is 2.34. The maximum Gasteiger partial charge on any atom is 0.222 e. The molecule has 2 fully saturated rings. The fourth-order valence-corrected chi connectivity index (χ4v) is 3.07. The van der Waals surface area contributed by atoms with E-state index in [0.29, 0.717) is 12.5 Å². The number of rotatable bonds is 4. The Bertz CT molecular complexity index is 449. The standard InChI is InChI=1S/C15H20N2O2/c16-12(10-4-2-1-3-5-10)9-15(18)17-13-8-11-6-7-14(13)19-11/h1-5,11-14H,6-9,16H2,(H,17,18). The first-order valence-electron chi connectivity index (χ1n) is 6.98. The number of benzene rings is 1. The van der Waals surface area contributed by atoms with Gasteiger partial charge in [0, 0.05) is 12.5 Å². The van der Waals surface area contributed by atoms with E-state index in [1.165, 1.54) is 0 Å². The molecule has 2 aliphatic heterocycles. The molecule has 19 heavy (non-hydrogen) atoms. The second-order valence-corrected chi connectivity index (χ2v) is 5.50. The molecule has 4 unspecified atom stereocenters. The predicted octanol–water partition coefficient (Wildman–Crippen LogP) is 1.51. The third kappa shape index (κ3) is 2.80. The minimum absolute atomic E-state index is 0.0255. The molecule has 2 aliphatic rings. The van der Waals surface area contributed by atoms with Crippen LogP contribution in [0.3, 0.4) is 0 Å². The largest absolute Gasteiger partial charge is 0.373 e. The Kier molecular flexibility index (Phi) is 3.53. The number of hydrogen-bond acceptors (Lipinski definition) is 3. The summed E-state index contributed by atoms with van der Waals surface area (Å²) in [6.45, 7) is 0. The summed E-state index contributed by atoms with van der Waals surface area (Å²) in [5, 5.41) is 3.07. The molecule has 0 aromatic heterocycles. The van der Waals surface area contributed by atoms with Crippen LogP contribution in [0.25, 0.3) is 0 Å². The highest BCUT2D eigenvalue weighted by Gasteiger charge is 2.41. The van der Waals surface area contributed by atoms with Crippen LogP contribution in [0, 0.1) is 0 Å². The SMILES string of the molecule is NC(CC(=O)NC1CC2CCC1O2)c1ccccc1. The molecule has 2 saturated heterocycles. The monoisotopic (exact) mass is 260 g/mol. The molecule has 3 rings (SSSR count). The van der Waals surface area contributed by atoms with Crippen LogP contribution in [0.15, 0.2) is 30.3 Å². The number of nitrogens with two attached hydrogens (primary N) is 1. The fraction of sp³-hybridized carbons (Fsp3) is 0.533. The van der Waals surface area contributed by atoms with Gasteiger partial charge in [0.25, 0.3) is 0 Å². The summed E-state index contributed by atoms with van der Waals surface area (Å²) in [5.41, 5.74) is 7.06. The second kappa shape index (κ2) is 5.31. The lowest BCUT2D eigenvalue weighted by Gasteiger charge is -2.21. The molecule has 1 amide bonds. The van der Waals surface area contributed by atoms with Crippen LogP contribution in [0.1, 0.15) is 37.3 Å². The molecule has 0 saturated carbocycles. The van der Waals surface area contributed by atoms with Gasteiger partial charge in [-0.05, 0) is 24.8 Å². The third-order valence-electron chi connectivity index (χ3n) is 4.09. The molecule has 2 bridgehead atoms. The van der Waals surface area contributed by atoms with Crippen LogP contribution in [-0.2, 0) is 9.53 Å². The topological polar surface area (TPSA) is 64.4 Å². The normalized spacial score (nSPS) is 30.3. The summed E-state index contributed by atoms with van der Waals surface area (Å²) in [7, 11) is 0. The minimum atomic E-state index is -0.235. The molecular formula is C15H20N2O2. The predicted molar refractivity (Wildman–Crippen MR) is 72.4 cm³/mol. The van der Waals surface area contributed by atoms with Crippen molar-refractivity contribution in [1.29, 1.82) is 0 Å². The summed E-state index contributed by atoms with van der Waals surface area (Å²) < 4.78 is 5.73. The van der Waals surface area contributed by atoms with Crippen LogP contribution in [0.4, 0.5) is 0 Å². The molecule has 2 heterocycles. The van der Waals surface area contributed by atoms with Crippen molar-refractivity contribution >= 4 is 5.91 Å². The smallest absolute Gasteiger partial charge is 0.222 e. The van der Waals surface area contributed by atoms with Gasteiger partial charge in [0.05, 0.1) is 18.2 Å². The molecule has 0 radical (unpaired) electrons. The van der Waals surface area contributed by atoms with Crippen LogP contribution in [0.5, 0.6) is 0 Å². The highest BCUT2D eigenvalue weighted by molar-refractivity contribution is 5.77. The lowest BCUT2D eigenvalue weighted by molar-refractivity contribution is -0.122. The quantitative estimate of drug-likeness (QED) is 0.862. The van der Waals surface area contributed by atoms with E-state index in [1.54, 1.807) is 0 Å². The van der Waals surface area contributed by atoms with Gasteiger partial charge in [0.1, 0.15) is 0 Å². The molecule has 4 nitrogen and oxygen atoms in total. The van der Waals surface area contributed by atoms with E-state index >= 15 is 0 Å². The van der Waals surface area contributed by atoms with E-state index in [0.717, 1.165) is 24.8 Å². The second-order valence-electron chi connectivity index (χ2n) is 5.50. The van der Waals surface area contributed by atoms with Crippen molar-refractivity contribution in [2.75, 3.05) is 0 Å².